The van der Waals surface area contributed by atoms with E-state index in [0.717, 1.165) is 0 Å². The second kappa shape index (κ2) is 5.72. The maximum Gasteiger partial charge on any atom is 0.255 e. The van der Waals surface area contributed by atoms with E-state index in [1.165, 1.54) is 4.90 Å². The third-order valence-electron chi connectivity index (χ3n) is 2.26. The fourth-order valence-corrected chi connectivity index (χ4v) is 1.60. The Morgan fingerprint density at radius 1 is 1.56 bits per heavy atom. The lowest BCUT2D eigenvalue weighted by Crippen LogP contribution is -2.33. The number of halogens is 1. The maximum absolute atomic E-state index is 12.0. The summed E-state index contributed by atoms with van der Waals surface area (Å²) in [4.78, 5) is 13.5. The number of likely N-dealkylation sites (N-methyl/N-ethyl adjacent to an activating group) is 1. The fourth-order valence-electron chi connectivity index (χ4n) is 1.40. The first-order chi connectivity index (χ1) is 7.60. The lowest BCUT2D eigenvalue weighted by Gasteiger charge is -2.20. The summed E-state index contributed by atoms with van der Waals surface area (Å²) in [5.41, 5.74) is 6.47. The molecule has 0 bridgehead atoms. The molecule has 0 unspecified atom stereocenters. The number of anilines is 1. The number of carbonyl (C=O) groups is 1. The van der Waals surface area contributed by atoms with E-state index in [1.54, 1.807) is 18.2 Å². The van der Waals surface area contributed by atoms with E-state index in [9.17, 15) is 4.79 Å². The van der Waals surface area contributed by atoms with Crippen LogP contribution < -0.4 is 5.73 Å². The molecule has 5 heteroatoms. The van der Waals surface area contributed by atoms with Gasteiger partial charge in [-0.15, -0.1) is 0 Å². The van der Waals surface area contributed by atoms with E-state index in [-0.39, 0.29) is 12.5 Å². The van der Waals surface area contributed by atoms with Crippen molar-refractivity contribution >= 4 is 23.2 Å². The Hall–Kier alpha value is -1.26. The molecule has 0 aliphatic rings. The predicted octanol–water partition coefficient (Wildman–Crippen LogP) is 1.38. The lowest BCUT2D eigenvalue weighted by molar-refractivity contribution is 0.0732. The number of benzene rings is 1. The van der Waals surface area contributed by atoms with E-state index >= 15 is 0 Å². The zero-order valence-electron chi connectivity index (χ0n) is 9.11. The molecule has 88 valence electrons. The molecule has 0 aromatic heterocycles. The van der Waals surface area contributed by atoms with Crippen molar-refractivity contribution in [1.29, 1.82) is 0 Å². The third kappa shape index (κ3) is 2.87. The number of carbonyl (C=O) groups excluding carboxylic acids is 1. The van der Waals surface area contributed by atoms with Gasteiger partial charge in [0.15, 0.2) is 0 Å². The SMILES string of the molecule is CCN(CCO)C(=O)c1cc(N)ccc1Cl. The monoisotopic (exact) mass is 242 g/mol. The van der Waals surface area contributed by atoms with Gasteiger partial charge in [-0.25, -0.2) is 0 Å². The Bertz CT molecular complexity index is 382. The van der Waals surface area contributed by atoms with Crippen molar-refractivity contribution < 1.29 is 9.90 Å². The molecule has 0 aliphatic carbocycles. The Kier molecular flexibility index (Phi) is 4.58. The van der Waals surface area contributed by atoms with E-state index in [2.05, 4.69) is 0 Å². The highest BCUT2D eigenvalue weighted by Gasteiger charge is 2.16. The van der Waals surface area contributed by atoms with E-state index in [4.69, 9.17) is 22.4 Å². The van der Waals surface area contributed by atoms with Crippen molar-refractivity contribution in [2.75, 3.05) is 25.4 Å². The van der Waals surface area contributed by atoms with Gasteiger partial charge in [0.1, 0.15) is 0 Å². The number of hydrogen-bond acceptors (Lipinski definition) is 3. The van der Waals surface area contributed by atoms with Crippen LogP contribution in [0.3, 0.4) is 0 Å². The molecule has 16 heavy (non-hydrogen) atoms. The van der Waals surface area contributed by atoms with Gasteiger partial charge >= 0.3 is 0 Å². The Morgan fingerprint density at radius 2 is 2.25 bits per heavy atom. The summed E-state index contributed by atoms with van der Waals surface area (Å²) in [7, 11) is 0. The summed E-state index contributed by atoms with van der Waals surface area (Å²) in [5.74, 6) is -0.214. The van der Waals surface area contributed by atoms with Crippen molar-refractivity contribution in [3.63, 3.8) is 0 Å². The lowest BCUT2D eigenvalue weighted by atomic mass is 10.1. The Labute approximate surface area is 99.6 Å². The van der Waals surface area contributed by atoms with Crippen LogP contribution in [0, 0.1) is 0 Å². The van der Waals surface area contributed by atoms with Gasteiger partial charge < -0.3 is 15.7 Å². The molecule has 1 aromatic rings. The molecule has 0 atom stereocenters. The molecule has 0 heterocycles. The van der Waals surface area contributed by atoms with Crippen LogP contribution in [-0.4, -0.2) is 35.6 Å². The van der Waals surface area contributed by atoms with Gasteiger partial charge in [0, 0.05) is 18.8 Å². The van der Waals surface area contributed by atoms with E-state index < -0.39 is 0 Å². The molecular formula is C11H15ClN2O2. The van der Waals surface area contributed by atoms with Crippen LogP contribution in [0.15, 0.2) is 18.2 Å². The molecule has 1 rings (SSSR count). The predicted molar refractivity (Wildman–Crippen MR) is 64.5 cm³/mol. The van der Waals surface area contributed by atoms with Crippen molar-refractivity contribution in [1.82, 2.24) is 4.90 Å². The molecule has 0 aliphatic heterocycles. The second-order valence-electron chi connectivity index (χ2n) is 3.35. The number of hydrogen-bond donors (Lipinski definition) is 2. The fraction of sp³-hybridized carbons (Fsp3) is 0.364. The number of rotatable bonds is 4. The molecular weight excluding hydrogens is 228 g/mol. The van der Waals surface area contributed by atoms with Crippen molar-refractivity contribution in [3.05, 3.63) is 28.8 Å². The zero-order valence-corrected chi connectivity index (χ0v) is 9.87. The van der Waals surface area contributed by atoms with Crippen LogP contribution in [0.25, 0.3) is 0 Å². The van der Waals surface area contributed by atoms with Gasteiger partial charge in [-0.1, -0.05) is 11.6 Å². The number of nitrogens with two attached hydrogens (primary N) is 1. The average Bonchev–Trinajstić information content (AvgIpc) is 2.28. The van der Waals surface area contributed by atoms with Gasteiger partial charge in [-0.05, 0) is 25.1 Å². The first kappa shape index (κ1) is 12.8. The molecule has 1 aromatic carbocycles. The molecule has 0 saturated heterocycles. The largest absolute Gasteiger partial charge is 0.399 e. The second-order valence-corrected chi connectivity index (χ2v) is 3.75. The number of nitrogens with zero attached hydrogens (tertiary/aromatic N) is 1. The van der Waals surface area contributed by atoms with Gasteiger partial charge in [-0.3, -0.25) is 4.79 Å². The highest BCUT2D eigenvalue weighted by atomic mass is 35.5. The van der Waals surface area contributed by atoms with Crippen molar-refractivity contribution in [3.8, 4) is 0 Å². The first-order valence-corrected chi connectivity index (χ1v) is 5.43. The molecule has 4 nitrogen and oxygen atoms in total. The number of aliphatic hydroxyl groups is 1. The van der Waals surface area contributed by atoms with Crippen LogP contribution in [0.1, 0.15) is 17.3 Å². The quantitative estimate of drug-likeness (QED) is 0.784. The Morgan fingerprint density at radius 3 is 2.81 bits per heavy atom. The summed E-state index contributed by atoms with van der Waals surface area (Å²) < 4.78 is 0. The van der Waals surface area contributed by atoms with E-state index in [0.29, 0.717) is 29.4 Å². The molecule has 0 spiro atoms. The summed E-state index contributed by atoms with van der Waals surface area (Å²) in [6.45, 7) is 2.58. The highest BCUT2D eigenvalue weighted by Crippen LogP contribution is 2.20. The zero-order chi connectivity index (χ0) is 12.1. The number of aliphatic hydroxyl groups excluding tert-OH is 1. The normalized spacial score (nSPS) is 10.2. The van der Waals surface area contributed by atoms with Gasteiger partial charge in [0.25, 0.3) is 5.91 Å². The average molecular weight is 243 g/mol. The third-order valence-corrected chi connectivity index (χ3v) is 2.59. The van der Waals surface area contributed by atoms with Gasteiger partial charge in [-0.2, -0.15) is 0 Å². The van der Waals surface area contributed by atoms with E-state index in [1.807, 2.05) is 6.92 Å². The molecule has 0 saturated carbocycles. The van der Waals surface area contributed by atoms with Crippen molar-refractivity contribution in [2.45, 2.75) is 6.92 Å². The minimum absolute atomic E-state index is 0.0699. The minimum Gasteiger partial charge on any atom is -0.399 e. The number of amides is 1. The standard InChI is InChI=1S/C11H15ClN2O2/c1-2-14(5-6-15)11(16)9-7-8(13)3-4-10(9)12/h3-4,7,15H,2,5-6,13H2,1H3. The van der Waals surface area contributed by atoms with Crippen LogP contribution in [0.4, 0.5) is 5.69 Å². The minimum atomic E-state index is -0.214. The number of nitrogen functional groups attached to an aromatic ring is 1. The summed E-state index contributed by atoms with van der Waals surface area (Å²) in [5, 5.41) is 9.21. The van der Waals surface area contributed by atoms with Crippen LogP contribution >= 0.6 is 11.6 Å². The highest BCUT2D eigenvalue weighted by molar-refractivity contribution is 6.34. The van der Waals surface area contributed by atoms with Crippen molar-refractivity contribution in [2.24, 2.45) is 0 Å². The molecule has 3 N–H and O–H groups in total. The van der Waals surface area contributed by atoms with Crippen LogP contribution in [0.2, 0.25) is 5.02 Å². The van der Waals surface area contributed by atoms with Gasteiger partial charge in [0.2, 0.25) is 0 Å². The summed E-state index contributed by atoms with van der Waals surface area (Å²) in [6.07, 6.45) is 0. The Balaban J connectivity index is 2.98. The molecule has 0 radical (unpaired) electrons. The topological polar surface area (TPSA) is 66.6 Å². The summed E-state index contributed by atoms with van der Waals surface area (Å²) in [6, 6.07) is 4.78. The molecule has 1 amide bonds. The first-order valence-electron chi connectivity index (χ1n) is 5.05. The van der Waals surface area contributed by atoms with Crippen LogP contribution in [0.5, 0.6) is 0 Å². The smallest absolute Gasteiger partial charge is 0.255 e. The summed E-state index contributed by atoms with van der Waals surface area (Å²) >= 11 is 5.93. The molecule has 0 fully saturated rings. The van der Waals surface area contributed by atoms with Gasteiger partial charge in [0.05, 0.1) is 17.2 Å². The maximum atomic E-state index is 12.0. The van der Waals surface area contributed by atoms with Crippen LogP contribution in [-0.2, 0) is 0 Å².